The normalized spacial score (nSPS) is 9.06. The number of benzene rings is 1. The second-order valence-electron chi connectivity index (χ2n) is 2.77. The van der Waals surface area contributed by atoms with Gasteiger partial charge in [0.25, 0.3) is 5.69 Å². The summed E-state index contributed by atoms with van der Waals surface area (Å²) in [5, 5.41) is 10.7. The van der Waals surface area contributed by atoms with Gasteiger partial charge in [-0.2, -0.15) is 0 Å². The fourth-order valence-electron chi connectivity index (χ4n) is 0.954. The Hall–Kier alpha value is -1.53. The Morgan fingerprint density at radius 2 is 2.12 bits per heavy atom. The van der Waals surface area contributed by atoms with E-state index in [0.29, 0.717) is 5.56 Å². The average Bonchev–Trinajstić information content (AvgIpc) is 2.15. The number of nitro benzene ring substituents is 1. The predicted octanol–water partition coefficient (Wildman–Crippen LogP) is 1.44. The molecule has 0 aliphatic carbocycles. The lowest BCUT2D eigenvalue weighted by atomic mass is 10.2. The Labute approximate surface area is 103 Å². The first-order valence-electron chi connectivity index (χ1n) is 3.99. The van der Waals surface area contributed by atoms with Gasteiger partial charge in [-0.25, -0.2) is 4.99 Å². The number of rotatable bonds is 3. The summed E-state index contributed by atoms with van der Waals surface area (Å²) < 4.78 is 0. The third-order valence-corrected chi connectivity index (χ3v) is 2.03. The lowest BCUT2D eigenvalue weighted by Crippen LogP contribution is -2.22. The van der Waals surface area contributed by atoms with Crippen LogP contribution in [0.25, 0.3) is 0 Å². The third kappa shape index (κ3) is 3.92. The first-order valence-corrected chi connectivity index (χ1v) is 4.36. The molecular weight excluding hydrogens is 255 g/mol. The van der Waals surface area contributed by atoms with Crippen molar-refractivity contribution < 1.29 is 4.92 Å². The van der Waals surface area contributed by atoms with Crippen molar-refractivity contribution in [1.29, 1.82) is 0 Å². The fourth-order valence-corrected chi connectivity index (χ4v) is 1.19. The molecule has 88 valence electrons. The molecule has 0 spiro atoms. The van der Waals surface area contributed by atoms with Gasteiger partial charge in [0.15, 0.2) is 5.96 Å². The van der Waals surface area contributed by atoms with Crippen molar-refractivity contribution in [1.82, 2.24) is 0 Å². The molecule has 0 aliphatic heterocycles. The summed E-state index contributed by atoms with van der Waals surface area (Å²) in [5.74, 6) is -0.0515. The summed E-state index contributed by atoms with van der Waals surface area (Å²) in [6, 6.07) is 4.13. The quantitative estimate of drug-likeness (QED) is 0.373. The van der Waals surface area contributed by atoms with E-state index in [1.54, 1.807) is 0 Å². The van der Waals surface area contributed by atoms with Crippen molar-refractivity contribution in [2.45, 2.75) is 6.54 Å². The SMILES string of the molecule is Cl.NC(N)=NCc1ccc([N+](=O)[O-])cc1Cl. The molecule has 1 aromatic carbocycles. The van der Waals surface area contributed by atoms with Crippen LogP contribution in [0.4, 0.5) is 5.69 Å². The molecule has 8 heteroatoms. The van der Waals surface area contributed by atoms with E-state index in [1.165, 1.54) is 18.2 Å². The van der Waals surface area contributed by atoms with Crippen LogP contribution in [0.15, 0.2) is 23.2 Å². The van der Waals surface area contributed by atoms with Crippen LogP contribution in [0.1, 0.15) is 5.56 Å². The molecule has 1 rings (SSSR count). The van der Waals surface area contributed by atoms with Gasteiger partial charge in [0, 0.05) is 12.1 Å². The van der Waals surface area contributed by atoms with Gasteiger partial charge in [0.2, 0.25) is 0 Å². The van der Waals surface area contributed by atoms with Gasteiger partial charge in [0.05, 0.1) is 16.5 Å². The standard InChI is InChI=1S/C8H9ClN4O2.ClH/c9-7-3-6(13(14)15)2-1-5(7)4-12-8(10)11;/h1-3H,4H2,(H4,10,11,12);1H. The van der Waals surface area contributed by atoms with Crippen LogP contribution in [0, 0.1) is 10.1 Å². The Morgan fingerprint density at radius 1 is 1.50 bits per heavy atom. The Morgan fingerprint density at radius 3 is 2.56 bits per heavy atom. The van der Waals surface area contributed by atoms with Crippen molar-refractivity contribution in [3.63, 3.8) is 0 Å². The number of hydrogen-bond donors (Lipinski definition) is 2. The molecule has 0 unspecified atom stereocenters. The van der Waals surface area contributed by atoms with Crippen LogP contribution in [0.3, 0.4) is 0 Å². The van der Waals surface area contributed by atoms with Crippen molar-refractivity contribution in [2.75, 3.05) is 0 Å². The highest BCUT2D eigenvalue weighted by atomic mass is 35.5. The minimum Gasteiger partial charge on any atom is -0.370 e. The molecule has 0 atom stereocenters. The van der Waals surface area contributed by atoms with E-state index in [0.717, 1.165) is 0 Å². The lowest BCUT2D eigenvalue weighted by Gasteiger charge is -2.00. The van der Waals surface area contributed by atoms with Crippen molar-refractivity contribution >= 4 is 35.7 Å². The zero-order valence-electron chi connectivity index (χ0n) is 8.09. The van der Waals surface area contributed by atoms with Gasteiger partial charge in [-0.1, -0.05) is 11.6 Å². The van der Waals surface area contributed by atoms with Crippen LogP contribution in [-0.4, -0.2) is 10.9 Å². The Bertz CT molecular complexity index is 418. The smallest absolute Gasteiger partial charge is 0.270 e. The molecule has 0 bridgehead atoms. The minimum atomic E-state index is -0.518. The maximum absolute atomic E-state index is 10.4. The molecule has 0 aromatic heterocycles. The summed E-state index contributed by atoms with van der Waals surface area (Å²) in [5.41, 5.74) is 10.9. The summed E-state index contributed by atoms with van der Waals surface area (Å²) in [6.07, 6.45) is 0. The Balaban J connectivity index is 0.00000225. The first kappa shape index (κ1) is 14.5. The van der Waals surface area contributed by atoms with Gasteiger partial charge in [-0.05, 0) is 11.6 Å². The topological polar surface area (TPSA) is 108 Å². The third-order valence-electron chi connectivity index (χ3n) is 1.68. The monoisotopic (exact) mass is 264 g/mol. The van der Waals surface area contributed by atoms with Crippen molar-refractivity contribution in [3.05, 3.63) is 38.9 Å². The van der Waals surface area contributed by atoms with E-state index >= 15 is 0 Å². The maximum atomic E-state index is 10.4. The van der Waals surface area contributed by atoms with Gasteiger partial charge in [-0.3, -0.25) is 10.1 Å². The molecule has 0 aliphatic rings. The summed E-state index contributed by atoms with van der Waals surface area (Å²) in [6.45, 7) is 0.208. The number of nitrogens with two attached hydrogens (primary N) is 2. The molecule has 0 saturated heterocycles. The molecule has 0 heterocycles. The minimum absolute atomic E-state index is 0. The van der Waals surface area contributed by atoms with E-state index < -0.39 is 4.92 Å². The van der Waals surface area contributed by atoms with E-state index in [9.17, 15) is 10.1 Å². The number of non-ortho nitro benzene ring substituents is 1. The molecule has 0 fully saturated rings. The number of guanidine groups is 1. The average molecular weight is 265 g/mol. The second-order valence-corrected chi connectivity index (χ2v) is 3.18. The van der Waals surface area contributed by atoms with Crippen LogP contribution in [0.2, 0.25) is 5.02 Å². The van der Waals surface area contributed by atoms with Gasteiger partial charge < -0.3 is 11.5 Å². The molecule has 1 aromatic rings. The van der Waals surface area contributed by atoms with E-state index in [2.05, 4.69) is 4.99 Å². The molecule has 0 saturated carbocycles. The van der Waals surface area contributed by atoms with E-state index in [4.69, 9.17) is 23.1 Å². The number of halogens is 2. The van der Waals surface area contributed by atoms with Gasteiger partial charge in [0.1, 0.15) is 0 Å². The number of hydrogen-bond acceptors (Lipinski definition) is 3. The summed E-state index contributed by atoms with van der Waals surface area (Å²) in [4.78, 5) is 13.6. The number of nitro groups is 1. The van der Waals surface area contributed by atoms with Gasteiger partial charge >= 0.3 is 0 Å². The largest absolute Gasteiger partial charge is 0.370 e. The maximum Gasteiger partial charge on any atom is 0.270 e. The fraction of sp³-hybridized carbons (Fsp3) is 0.125. The van der Waals surface area contributed by atoms with Crippen molar-refractivity contribution in [3.8, 4) is 0 Å². The van der Waals surface area contributed by atoms with E-state index in [1.807, 2.05) is 0 Å². The predicted molar refractivity (Wildman–Crippen MR) is 64.9 cm³/mol. The number of nitrogens with zero attached hydrogens (tertiary/aromatic N) is 2. The Kier molecular flexibility index (Phi) is 5.55. The summed E-state index contributed by atoms with van der Waals surface area (Å²) in [7, 11) is 0. The molecule has 0 amide bonds. The molecule has 16 heavy (non-hydrogen) atoms. The zero-order chi connectivity index (χ0) is 11.4. The summed E-state index contributed by atoms with van der Waals surface area (Å²) >= 11 is 5.80. The van der Waals surface area contributed by atoms with Crippen LogP contribution in [-0.2, 0) is 6.54 Å². The van der Waals surface area contributed by atoms with Crippen LogP contribution in [0.5, 0.6) is 0 Å². The van der Waals surface area contributed by atoms with Crippen molar-refractivity contribution in [2.24, 2.45) is 16.5 Å². The molecule has 6 nitrogen and oxygen atoms in total. The lowest BCUT2D eigenvalue weighted by molar-refractivity contribution is -0.384. The second kappa shape index (κ2) is 6.14. The highest BCUT2D eigenvalue weighted by Gasteiger charge is 2.08. The first-order chi connectivity index (χ1) is 7.00. The van der Waals surface area contributed by atoms with Gasteiger partial charge in [-0.15, -0.1) is 12.4 Å². The highest BCUT2D eigenvalue weighted by molar-refractivity contribution is 6.31. The highest BCUT2D eigenvalue weighted by Crippen LogP contribution is 2.22. The molecular formula is C8H10Cl2N4O2. The zero-order valence-corrected chi connectivity index (χ0v) is 9.66. The molecule has 4 N–H and O–H groups in total. The van der Waals surface area contributed by atoms with Crippen LogP contribution < -0.4 is 11.5 Å². The van der Waals surface area contributed by atoms with Crippen LogP contribution >= 0.6 is 24.0 Å². The molecule has 0 radical (unpaired) electrons. The number of aliphatic imine (C=N–C) groups is 1. The van der Waals surface area contributed by atoms with E-state index in [-0.39, 0.29) is 35.6 Å².